The van der Waals surface area contributed by atoms with Crippen molar-refractivity contribution in [2.24, 2.45) is 0 Å². The topological polar surface area (TPSA) is 51.2 Å². The van der Waals surface area contributed by atoms with Crippen molar-refractivity contribution in [1.82, 2.24) is 4.98 Å². The van der Waals surface area contributed by atoms with Gasteiger partial charge in [-0.1, -0.05) is 12.1 Å². The molecule has 0 saturated heterocycles. The molecule has 2 rings (SSSR count). The number of halogens is 1. The highest BCUT2D eigenvalue weighted by molar-refractivity contribution is 6.06. The van der Waals surface area contributed by atoms with Crippen LogP contribution in [-0.4, -0.2) is 17.5 Å². The number of para-hydroxylation sites is 1. The fourth-order valence-electron chi connectivity index (χ4n) is 1.58. The molecular formula is C14H13FN2O2. The fourth-order valence-corrected chi connectivity index (χ4v) is 1.58. The molecule has 1 heterocycles. The third-order valence-corrected chi connectivity index (χ3v) is 2.42. The molecule has 0 radical (unpaired) electrons. The van der Waals surface area contributed by atoms with E-state index in [1.165, 1.54) is 18.3 Å². The van der Waals surface area contributed by atoms with Gasteiger partial charge in [-0.25, -0.2) is 4.98 Å². The fraction of sp³-hybridized carbons (Fsp3) is 0.143. The lowest BCUT2D eigenvalue weighted by Gasteiger charge is -2.10. The molecule has 0 atom stereocenters. The summed E-state index contributed by atoms with van der Waals surface area (Å²) in [4.78, 5) is 15.6. The number of hydrogen-bond acceptors (Lipinski definition) is 3. The third-order valence-electron chi connectivity index (χ3n) is 2.42. The number of amides is 1. The van der Waals surface area contributed by atoms with Gasteiger partial charge in [0.05, 0.1) is 24.1 Å². The van der Waals surface area contributed by atoms with Gasteiger partial charge in [-0.2, -0.15) is 4.39 Å². The minimum Gasteiger partial charge on any atom is -0.493 e. The largest absolute Gasteiger partial charge is 0.493 e. The molecule has 1 N–H and O–H groups in total. The zero-order valence-electron chi connectivity index (χ0n) is 10.4. The molecular weight excluding hydrogens is 247 g/mol. The Kier molecular flexibility index (Phi) is 4.07. The maximum Gasteiger partial charge on any atom is 0.259 e. The summed E-state index contributed by atoms with van der Waals surface area (Å²) in [5, 5.41) is 2.64. The second-order valence-corrected chi connectivity index (χ2v) is 3.75. The number of carbonyl (C=O) groups excluding carboxylic acids is 1. The van der Waals surface area contributed by atoms with Crippen LogP contribution in [0.25, 0.3) is 0 Å². The van der Waals surface area contributed by atoms with E-state index in [1.807, 2.05) is 6.92 Å². The molecule has 0 unspecified atom stereocenters. The van der Waals surface area contributed by atoms with Crippen molar-refractivity contribution in [1.29, 1.82) is 0 Å². The standard InChI is InChI=1S/C14H13FN2O2/c1-2-19-12-6-4-3-5-11(12)14(18)17-10-7-8-13(15)16-9-10/h3-9H,2H2,1H3,(H,17,18). The van der Waals surface area contributed by atoms with Crippen LogP contribution in [0, 0.1) is 5.95 Å². The number of benzene rings is 1. The number of carbonyl (C=O) groups is 1. The quantitative estimate of drug-likeness (QED) is 0.860. The van der Waals surface area contributed by atoms with Crippen molar-refractivity contribution in [3.63, 3.8) is 0 Å². The number of aromatic nitrogens is 1. The lowest BCUT2D eigenvalue weighted by atomic mass is 10.2. The highest BCUT2D eigenvalue weighted by Crippen LogP contribution is 2.19. The molecule has 1 amide bonds. The molecule has 0 aliphatic heterocycles. The normalized spacial score (nSPS) is 10.0. The lowest BCUT2D eigenvalue weighted by molar-refractivity contribution is 0.102. The Morgan fingerprint density at radius 3 is 2.79 bits per heavy atom. The highest BCUT2D eigenvalue weighted by atomic mass is 19.1. The first-order chi connectivity index (χ1) is 9.20. The molecule has 0 aliphatic carbocycles. The van der Waals surface area contributed by atoms with Crippen LogP contribution in [-0.2, 0) is 0 Å². The third kappa shape index (κ3) is 3.28. The molecule has 0 aliphatic rings. The SMILES string of the molecule is CCOc1ccccc1C(=O)Nc1ccc(F)nc1. The van der Waals surface area contributed by atoms with Crippen LogP contribution < -0.4 is 10.1 Å². The summed E-state index contributed by atoms with van der Waals surface area (Å²) < 4.78 is 18.0. The van der Waals surface area contributed by atoms with E-state index < -0.39 is 5.95 Å². The Labute approximate surface area is 110 Å². The molecule has 0 fully saturated rings. The second-order valence-electron chi connectivity index (χ2n) is 3.75. The molecule has 1 aromatic carbocycles. The number of nitrogens with one attached hydrogen (secondary N) is 1. The summed E-state index contributed by atoms with van der Waals surface area (Å²) in [6.07, 6.45) is 1.26. The number of ether oxygens (including phenoxy) is 1. The van der Waals surface area contributed by atoms with Crippen molar-refractivity contribution in [3.8, 4) is 5.75 Å². The van der Waals surface area contributed by atoms with Gasteiger partial charge in [0.2, 0.25) is 5.95 Å². The minimum absolute atomic E-state index is 0.322. The zero-order chi connectivity index (χ0) is 13.7. The van der Waals surface area contributed by atoms with E-state index >= 15 is 0 Å². The summed E-state index contributed by atoms with van der Waals surface area (Å²) in [5.41, 5.74) is 0.853. The van der Waals surface area contributed by atoms with Gasteiger partial charge in [0.15, 0.2) is 0 Å². The Hall–Kier alpha value is -2.43. The van der Waals surface area contributed by atoms with Gasteiger partial charge in [0.1, 0.15) is 5.75 Å². The average molecular weight is 260 g/mol. The molecule has 4 nitrogen and oxygen atoms in total. The van der Waals surface area contributed by atoms with Gasteiger partial charge in [-0.15, -0.1) is 0 Å². The van der Waals surface area contributed by atoms with Crippen LogP contribution in [0.15, 0.2) is 42.6 Å². The van der Waals surface area contributed by atoms with Crippen LogP contribution in [0.5, 0.6) is 5.75 Å². The number of pyridine rings is 1. The van der Waals surface area contributed by atoms with Crippen molar-refractivity contribution in [2.45, 2.75) is 6.92 Å². The van der Waals surface area contributed by atoms with E-state index in [1.54, 1.807) is 24.3 Å². The first-order valence-corrected chi connectivity index (χ1v) is 5.85. The van der Waals surface area contributed by atoms with Gasteiger partial charge in [-0.3, -0.25) is 4.79 Å². The Morgan fingerprint density at radius 2 is 2.11 bits per heavy atom. The maximum absolute atomic E-state index is 12.7. The van der Waals surface area contributed by atoms with Crippen LogP contribution in [0.3, 0.4) is 0 Å². The van der Waals surface area contributed by atoms with Crippen molar-refractivity contribution >= 4 is 11.6 Å². The monoisotopic (exact) mass is 260 g/mol. The van der Waals surface area contributed by atoms with Crippen molar-refractivity contribution < 1.29 is 13.9 Å². The summed E-state index contributed by atoms with van der Waals surface area (Å²) in [5.74, 6) is -0.400. The van der Waals surface area contributed by atoms with E-state index in [4.69, 9.17) is 4.74 Å². The summed E-state index contributed by atoms with van der Waals surface area (Å²) in [6.45, 7) is 2.32. The van der Waals surface area contributed by atoms with E-state index in [-0.39, 0.29) is 5.91 Å². The molecule has 1 aromatic heterocycles. The van der Waals surface area contributed by atoms with Crippen molar-refractivity contribution in [2.75, 3.05) is 11.9 Å². The van der Waals surface area contributed by atoms with E-state index in [0.717, 1.165) is 0 Å². The Bertz CT molecular complexity index is 570. The van der Waals surface area contributed by atoms with Crippen LogP contribution in [0.2, 0.25) is 0 Å². The van der Waals surface area contributed by atoms with Gasteiger partial charge >= 0.3 is 0 Å². The number of rotatable bonds is 4. The second kappa shape index (κ2) is 5.95. The zero-order valence-corrected chi connectivity index (χ0v) is 10.4. The van der Waals surface area contributed by atoms with Crippen LogP contribution in [0.1, 0.15) is 17.3 Å². The number of hydrogen-bond donors (Lipinski definition) is 1. The molecule has 0 bridgehead atoms. The van der Waals surface area contributed by atoms with E-state index in [2.05, 4.69) is 10.3 Å². The highest BCUT2D eigenvalue weighted by Gasteiger charge is 2.12. The summed E-state index contributed by atoms with van der Waals surface area (Å²) in [6, 6.07) is 9.56. The van der Waals surface area contributed by atoms with E-state index in [0.29, 0.717) is 23.6 Å². The predicted molar refractivity (Wildman–Crippen MR) is 69.8 cm³/mol. The molecule has 0 spiro atoms. The summed E-state index contributed by atoms with van der Waals surface area (Å²) >= 11 is 0. The molecule has 2 aromatic rings. The molecule has 98 valence electrons. The first-order valence-electron chi connectivity index (χ1n) is 5.85. The smallest absolute Gasteiger partial charge is 0.259 e. The maximum atomic E-state index is 12.7. The molecule has 0 saturated carbocycles. The van der Waals surface area contributed by atoms with Gasteiger partial charge < -0.3 is 10.1 Å². The number of nitrogens with zero attached hydrogens (tertiary/aromatic N) is 1. The summed E-state index contributed by atoms with van der Waals surface area (Å²) in [7, 11) is 0. The Morgan fingerprint density at radius 1 is 1.32 bits per heavy atom. The Balaban J connectivity index is 2.18. The molecule has 5 heteroatoms. The molecule has 19 heavy (non-hydrogen) atoms. The average Bonchev–Trinajstić information content (AvgIpc) is 2.42. The van der Waals surface area contributed by atoms with Gasteiger partial charge in [0, 0.05) is 0 Å². The van der Waals surface area contributed by atoms with E-state index in [9.17, 15) is 9.18 Å². The predicted octanol–water partition coefficient (Wildman–Crippen LogP) is 2.87. The van der Waals surface area contributed by atoms with Crippen LogP contribution in [0.4, 0.5) is 10.1 Å². The van der Waals surface area contributed by atoms with Crippen molar-refractivity contribution in [3.05, 3.63) is 54.1 Å². The van der Waals surface area contributed by atoms with Gasteiger partial charge in [0.25, 0.3) is 5.91 Å². The number of anilines is 1. The lowest BCUT2D eigenvalue weighted by Crippen LogP contribution is -2.13. The van der Waals surface area contributed by atoms with Gasteiger partial charge in [-0.05, 0) is 31.2 Å². The van der Waals surface area contributed by atoms with Crippen LogP contribution >= 0.6 is 0 Å². The minimum atomic E-state index is -0.590. The first kappa shape index (κ1) is 13.0.